The number of rotatable bonds is 1. The van der Waals surface area contributed by atoms with Crippen molar-refractivity contribution >= 4 is 39.0 Å². The van der Waals surface area contributed by atoms with Crippen LogP contribution in [-0.2, 0) is 9.47 Å². The van der Waals surface area contributed by atoms with E-state index in [1.54, 1.807) is 12.1 Å². The number of halogens is 2. The van der Waals surface area contributed by atoms with Gasteiger partial charge in [0.25, 0.3) is 0 Å². The number of hydrogen-bond donors (Lipinski definition) is 0. The maximum atomic E-state index is 13.4. The van der Waals surface area contributed by atoms with Crippen LogP contribution < -0.4 is 0 Å². The summed E-state index contributed by atoms with van der Waals surface area (Å²) >= 11 is 3.29. The normalized spacial score (nSPS) is 17.2. The van der Waals surface area contributed by atoms with E-state index in [2.05, 4.69) is 15.9 Å². The smallest absolute Gasteiger partial charge is 1.00 e. The molecule has 5 heteroatoms. The molecular weight excluding hydrogens is 275 g/mol. The molecule has 0 saturated carbocycles. The summed E-state index contributed by atoms with van der Waals surface area (Å²) < 4.78 is 24.8. The van der Waals surface area contributed by atoms with Crippen molar-refractivity contribution in [2.75, 3.05) is 13.2 Å². The summed E-state index contributed by atoms with van der Waals surface area (Å²) in [6, 6.07) is 4.74. The van der Waals surface area contributed by atoms with E-state index in [1.807, 2.05) is 0 Å². The second-order valence-corrected chi connectivity index (χ2v) is 4.01. The summed E-state index contributed by atoms with van der Waals surface area (Å²) in [7, 11) is 0. The Kier molecular flexibility index (Phi) is 5.49. The van der Waals surface area contributed by atoms with Crippen molar-refractivity contribution in [3.63, 3.8) is 0 Å². The van der Waals surface area contributed by atoms with Gasteiger partial charge in [-0.1, -0.05) is 15.9 Å². The van der Waals surface area contributed by atoms with Crippen molar-refractivity contribution in [1.82, 2.24) is 0 Å². The van der Waals surface area contributed by atoms with Crippen LogP contribution in [0.2, 0.25) is 0 Å². The van der Waals surface area contributed by atoms with Crippen molar-refractivity contribution in [2.45, 2.75) is 12.7 Å². The van der Waals surface area contributed by atoms with Gasteiger partial charge in [0.05, 0.1) is 13.2 Å². The molecule has 1 fully saturated rings. The zero-order chi connectivity index (χ0) is 9.97. The topological polar surface area (TPSA) is 18.5 Å². The SMILES string of the molecule is Fc1ccc(Br)cc1C1OCCCO1.[H-].[H-].[Mg+2]. The molecular formula is C10H12BrFMgO2. The number of hydrogen-bond acceptors (Lipinski definition) is 2. The van der Waals surface area contributed by atoms with Gasteiger partial charge in [-0.25, -0.2) is 4.39 Å². The fourth-order valence-corrected chi connectivity index (χ4v) is 1.74. The zero-order valence-corrected chi connectivity index (χ0v) is 11.2. The van der Waals surface area contributed by atoms with Crippen LogP contribution in [-0.4, -0.2) is 36.3 Å². The van der Waals surface area contributed by atoms with E-state index in [1.165, 1.54) is 6.07 Å². The van der Waals surface area contributed by atoms with Gasteiger partial charge in [-0.2, -0.15) is 0 Å². The molecule has 0 spiro atoms. The van der Waals surface area contributed by atoms with Crippen LogP contribution in [0.5, 0.6) is 0 Å². The van der Waals surface area contributed by atoms with E-state index in [0.29, 0.717) is 18.8 Å². The van der Waals surface area contributed by atoms with Crippen molar-refractivity contribution in [2.24, 2.45) is 0 Å². The molecule has 1 saturated heterocycles. The largest absolute Gasteiger partial charge is 2.00 e. The van der Waals surface area contributed by atoms with E-state index in [-0.39, 0.29) is 31.7 Å². The van der Waals surface area contributed by atoms with Gasteiger partial charge in [-0.15, -0.1) is 0 Å². The van der Waals surface area contributed by atoms with Crippen molar-refractivity contribution in [3.8, 4) is 0 Å². The van der Waals surface area contributed by atoms with Crippen molar-refractivity contribution in [3.05, 3.63) is 34.1 Å². The average Bonchev–Trinajstić information content (AvgIpc) is 2.23. The van der Waals surface area contributed by atoms with Gasteiger partial charge >= 0.3 is 23.1 Å². The molecule has 2 rings (SSSR count). The summed E-state index contributed by atoms with van der Waals surface area (Å²) in [5, 5.41) is 0. The molecule has 0 atom stereocenters. The zero-order valence-electron chi connectivity index (χ0n) is 10.2. The maximum Gasteiger partial charge on any atom is 2.00 e. The molecule has 0 aliphatic carbocycles. The Hall–Kier alpha value is 0.316. The first-order chi connectivity index (χ1) is 6.77. The third kappa shape index (κ3) is 3.39. The van der Waals surface area contributed by atoms with Crippen LogP contribution in [0.25, 0.3) is 0 Å². The van der Waals surface area contributed by atoms with Gasteiger partial charge in [0, 0.05) is 10.0 Å². The van der Waals surface area contributed by atoms with Crippen LogP contribution in [0, 0.1) is 5.82 Å². The Labute approximate surface area is 115 Å². The quantitative estimate of drug-likeness (QED) is 0.740. The molecule has 0 unspecified atom stereocenters. The summed E-state index contributed by atoms with van der Waals surface area (Å²) in [4.78, 5) is 0. The fraction of sp³-hybridized carbons (Fsp3) is 0.400. The van der Waals surface area contributed by atoms with Crippen molar-refractivity contribution in [1.29, 1.82) is 0 Å². The monoisotopic (exact) mass is 286 g/mol. The summed E-state index contributed by atoms with van der Waals surface area (Å²) in [6.45, 7) is 1.24. The molecule has 0 N–H and O–H groups in total. The second-order valence-electron chi connectivity index (χ2n) is 3.09. The van der Waals surface area contributed by atoms with Gasteiger partial charge in [-0.05, 0) is 24.6 Å². The van der Waals surface area contributed by atoms with Crippen LogP contribution in [0.1, 0.15) is 21.1 Å². The molecule has 0 amide bonds. The maximum absolute atomic E-state index is 13.4. The van der Waals surface area contributed by atoms with E-state index in [0.717, 1.165) is 10.9 Å². The van der Waals surface area contributed by atoms with E-state index in [9.17, 15) is 4.39 Å². The Balaban J connectivity index is 0. The van der Waals surface area contributed by atoms with Gasteiger partial charge in [0.15, 0.2) is 6.29 Å². The predicted octanol–water partition coefficient (Wildman–Crippen LogP) is 2.87. The molecule has 15 heavy (non-hydrogen) atoms. The molecule has 1 aromatic carbocycles. The fourth-order valence-electron chi connectivity index (χ4n) is 1.36. The Morgan fingerprint density at radius 2 is 2.00 bits per heavy atom. The van der Waals surface area contributed by atoms with Crippen LogP contribution >= 0.6 is 15.9 Å². The molecule has 1 aromatic rings. The minimum Gasteiger partial charge on any atom is -1.00 e. The molecule has 1 aliphatic rings. The molecule has 1 heterocycles. The Morgan fingerprint density at radius 1 is 1.33 bits per heavy atom. The van der Waals surface area contributed by atoms with Gasteiger partial charge < -0.3 is 12.3 Å². The first kappa shape index (κ1) is 13.4. The first-order valence-corrected chi connectivity index (χ1v) is 5.25. The van der Waals surface area contributed by atoms with E-state index in [4.69, 9.17) is 9.47 Å². The van der Waals surface area contributed by atoms with Crippen LogP contribution in [0.15, 0.2) is 22.7 Å². The van der Waals surface area contributed by atoms with Gasteiger partial charge in [-0.3, -0.25) is 0 Å². The Bertz CT molecular complexity index is 338. The molecule has 0 radical (unpaired) electrons. The standard InChI is InChI=1S/C10H10BrFO2.Mg.2H/c11-7-2-3-9(12)8(6-7)10-13-4-1-5-14-10;;;/h2-3,6,10H,1,4-5H2;;;/q;+2;2*-1. The Morgan fingerprint density at radius 3 is 2.67 bits per heavy atom. The van der Waals surface area contributed by atoms with E-state index >= 15 is 0 Å². The first-order valence-electron chi connectivity index (χ1n) is 4.45. The molecule has 0 aromatic heterocycles. The van der Waals surface area contributed by atoms with Gasteiger partial charge in [0.1, 0.15) is 5.82 Å². The van der Waals surface area contributed by atoms with Crippen molar-refractivity contribution < 1.29 is 16.7 Å². The number of ether oxygens (including phenoxy) is 2. The summed E-state index contributed by atoms with van der Waals surface area (Å²) in [5.41, 5.74) is 0.457. The average molecular weight is 287 g/mol. The van der Waals surface area contributed by atoms with Gasteiger partial charge in [0.2, 0.25) is 0 Å². The third-order valence-corrected chi connectivity index (χ3v) is 2.53. The minimum atomic E-state index is -0.554. The third-order valence-electron chi connectivity index (χ3n) is 2.04. The molecule has 1 aliphatic heterocycles. The van der Waals surface area contributed by atoms with Crippen LogP contribution in [0.3, 0.4) is 0 Å². The number of benzene rings is 1. The second kappa shape index (κ2) is 6.15. The van der Waals surface area contributed by atoms with E-state index < -0.39 is 6.29 Å². The molecule has 80 valence electrons. The minimum absolute atomic E-state index is 0. The molecule has 0 bridgehead atoms. The molecule has 2 nitrogen and oxygen atoms in total. The summed E-state index contributed by atoms with van der Waals surface area (Å²) in [6.07, 6.45) is 0.313. The predicted molar refractivity (Wildman–Crippen MR) is 61.3 cm³/mol. The summed E-state index contributed by atoms with van der Waals surface area (Å²) in [5.74, 6) is -0.292. The van der Waals surface area contributed by atoms with Crippen LogP contribution in [0.4, 0.5) is 4.39 Å².